The quantitative estimate of drug-likeness (QED) is 0.119. The standard InChI is InChI=1S/C34H58N2O2.2BrH/c1-3-5-7-9-11-15-23-35-25-19-33(20-26-35)31-37-29-17-13-14-18-30-38-32-34-21-27-36(28-22-34)24-16-12-10-8-6-4-2;;/h19-22,25-28H,3-18,23-24,29-32H2,1-2H3;2*1H/q+2;;/p-2. The molecule has 0 N–H and O–H groups in total. The molecule has 0 saturated heterocycles. The van der Waals surface area contributed by atoms with E-state index in [2.05, 4.69) is 72.0 Å². The van der Waals surface area contributed by atoms with Crippen LogP contribution in [0.1, 0.15) is 128 Å². The van der Waals surface area contributed by atoms with Crippen molar-refractivity contribution in [2.24, 2.45) is 0 Å². The van der Waals surface area contributed by atoms with E-state index in [1.807, 2.05) is 0 Å². The Labute approximate surface area is 267 Å². The van der Waals surface area contributed by atoms with Crippen LogP contribution < -0.4 is 43.1 Å². The van der Waals surface area contributed by atoms with Gasteiger partial charge in [-0.2, -0.15) is 0 Å². The average molecular weight is 687 g/mol. The predicted molar refractivity (Wildman–Crippen MR) is 158 cm³/mol. The number of unbranched alkanes of at least 4 members (excludes halogenated alkanes) is 13. The number of ether oxygens (including phenoxy) is 2. The summed E-state index contributed by atoms with van der Waals surface area (Å²) < 4.78 is 16.4. The number of pyridine rings is 2. The molecule has 2 heterocycles. The summed E-state index contributed by atoms with van der Waals surface area (Å²) in [4.78, 5) is 0. The molecule has 40 heavy (non-hydrogen) atoms. The summed E-state index contributed by atoms with van der Waals surface area (Å²) in [6.07, 6.45) is 29.7. The van der Waals surface area contributed by atoms with Crippen LogP contribution in [0.2, 0.25) is 0 Å². The molecule has 2 rings (SSSR count). The lowest BCUT2D eigenvalue weighted by Gasteiger charge is -2.06. The predicted octanol–water partition coefficient (Wildman–Crippen LogP) is 2.28. The molecule has 0 aliphatic heterocycles. The summed E-state index contributed by atoms with van der Waals surface area (Å²) in [5, 5.41) is 0. The van der Waals surface area contributed by atoms with Crippen LogP contribution in [-0.4, -0.2) is 13.2 Å². The lowest BCUT2D eigenvalue weighted by Crippen LogP contribution is -3.00. The maximum Gasteiger partial charge on any atom is 0.169 e. The SMILES string of the molecule is CCCCCCCC[n+]1ccc(COCCCCCCOCc2cc[n+](CCCCCCCC)cc2)cc1.[Br-].[Br-]. The minimum absolute atomic E-state index is 0. The Bertz CT molecular complexity index is 720. The molecule has 6 heteroatoms. The fourth-order valence-electron chi connectivity index (χ4n) is 4.76. The Morgan fingerprint density at radius 3 is 1.15 bits per heavy atom. The second kappa shape index (κ2) is 28.3. The van der Waals surface area contributed by atoms with E-state index in [0.29, 0.717) is 0 Å². The Morgan fingerprint density at radius 2 is 0.775 bits per heavy atom. The van der Waals surface area contributed by atoms with Gasteiger partial charge < -0.3 is 43.4 Å². The van der Waals surface area contributed by atoms with Gasteiger partial charge in [-0.15, -0.1) is 0 Å². The van der Waals surface area contributed by atoms with Gasteiger partial charge >= 0.3 is 0 Å². The zero-order valence-electron chi connectivity index (χ0n) is 25.6. The molecule has 0 atom stereocenters. The van der Waals surface area contributed by atoms with E-state index in [-0.39, 0.29) is 34.0 Å². The monoisotopic (exact) mass is 684 g/mol. The van der Waals surface area contributed by atoms with Crippen LogP contribution in [0.25, 0.3) is 0 Å². The van der Waals surface area contributed by atoms with Gasteiger partial charge in [0.1, 0.15) is 13.1 Å². The maximum absolute atomic E-state index is 5.89. The van der Waals surface area contributed by atoms with Crippen LogP contribution in [0.5, 0.6) is 0 Å². The lowest BCUT2D eigenvalue weighted by atomic mass is 10.1. The summed E-state index contributed by atoms with van der Waals surface area (Å²) in [5.41, 5.74) is 2.54. The number of aromatic nitrogens is 2. The first kappa shape index (κ1) is 39.2. The van der Waals surface area contributed by atoms with Gasteiger partial charge in [-0.1, -0.05) is 78.1 Å². The van der Waals surface area contributed by atoms with Gasteiger partial charge in [0, 0.05) is 50.3 Å². The molecule has 0 radical (unpaired) electrons. The van der Waals surface area contributed by atoms with Crippen LogP contribution in [0.4, 0.5) is 0 Å². The normalized spacial score (nSPS) is 10.8. The van der Waals surface area contributed by atoms with Gasteiger partial charge in [0.25, 0.3) is 0 Å². The Kier molecular flexibility index (Phi) is 27.7. The van der Waals surface area contributed by atoms with Gasteiger partial charge in [0.2, 0.25) is 0 Å². The van der Waals surface area contributed by atoms with Crippen LogP contribution in [0.3, 0.4) is 0 Å². The first-order valence-corrected chi connectivity index (χ1v) is 15.9. The van der Waals surface area contributed by atoms with Gasteiger partial charge in [0.15, 0.2) is 24.8 Å². The van der Waals surface area contributed by atoms with Crippen molar-refractivity contribution in [3.05, 3.63) is 60.2 Å². The van der Waals surface area contributed by atoms with Crippen molar-refractivity contribution >= 4 is 0 Å². The summed E-state index contributed by atoms with van der Waals surface area (Å²) in [6, 6.07) is 8.82. The third-order valence-corrected chi connectivity index (χ3v) is 7.32. The molecule has 0 amide bonds. The van der Waals surface area contributed by atoms with Crippen molar-refractivity contribution in [2.75, 3.05) is 13.2 Å². The molecule has 0 aromatic carbocycles. The van der Waals surface area contributed by atoms with Crippen molar-refractivity contribution in [3.63, 3.8) is 0 Å². The van der Waals surface area contributed by atoms with Crippen molar-refractivity contribution in [3.8, 4) is 0 Å². The molecule has 4 nitrogen and oxygen atoms in total. The van der Waals surface area contributed by atoms with Crippen LogP contribution in [0, 0.1) is 0 Å². The molecular weight excluding hydrogens is 628 g/mol. The molecule has 0 spiro atoms. The third-order valence-electron chi connectivity index (χ3n) is 7.32. The van der Waals surface area contributed by atoms with Gasteiger partial charge in [-0.05, 0) is 36.8 Å². The largest absolute Gasteiger partial charge is 1.00 e. The topological polar surface area (TPSA) is 26.2 Å². The summed E-state index contributed by atoms with van der Waals surface area (Å²) in [6.45, 7) is 9.93. The van der Waals surface area contributed by atoms with E-state index in [1.54, 1.807) is 0 Å². The van der Waals surface area contributed by atoms with Crippen molar-refractivity contribution in [1.29, 1.82) is 0 Å². The van der Waals surface area contributed by atoms with E-state index in [1.165, 1.54) is 101 Å². The number of aryl methyl sites for hydroxylation is 2. The van der Waals surface area contributed by atoms with Crippen LogP contribution in [-0.2, 0) is 35.8 Å². The molecule has 0 aliphatic rings. The molecule has 0 bridgehead atoms. The Balaban J connectivity index is 0.00000760. The zero-order chi connectivity index (χ0) is 26.9. The fourth-order valence-corrected chi connectivity index (χ4v) is 4.76. The molecule has 0 saturated carbocycles. The Hall–Kier alpha value is -0.820. The van der Waals surface area contributed by atoms with E-state index in [0.717, 1.165) is 52.4 Å². The van der Waals surface area contributed by atoms with E-state index in [4.69, 9.17) is 9.47 Å². The first-order valence-electron chi connectivity index (χ1n) is 15.9. The number of rotatable bonds is 25. The second-order valence-electron chi connectivity index (χ2n) is 10.9. The minimum atomic E-state index is 0. The molecule has 0 unspecified atom stereocenters. The number of nitrogens with zero attached hydrogens (tertiary/aromatic N) is 2. The molecule has 2 aromatic heterocycles. The highest BCUT2D eigenvalue weighted by atomic mass is 79.9. The summed E-state index contributed by atoms with van der Waals surface area (Å²) in [5.74, 6) is 0. The maximum atomic E-state index is 5.89. The minimum Gasteiger partial charge on any atom is -1.00 e. The fraction of sp³-hybridized carbons (Fsp3) is 0.706. The molecule has 2 aromatic rings. The van der Waals surface area contributed by atoms with Crippen LogP contribution in [0.15, 0.2) is 49.1 Å². The molecule has 0 aliphatic carbocycles. The average Bonchev–Trinajstić information content (AvgIpc) is 2.95. The van der Waals surface area contributed by atoms with Crippen molar-refractivity contribution < 1.29 is 52.6 Å². The second-order valence-corrected chi connectivity index (χ2v) is 10.9. The van der Waals surface area contributed by atoms with Crippen molar-refractivity contribution in [2.45, 2.75) is 143 Å². The molecular formula is C34H58Br2N2O2. The summed E-state index contributed by atoms with van der Waals surface area (Å²) >= 11 is 0. The van der Waals surface area contributed by atoms with E-state index >= 15 is 0 Å². The highest BCUT2D eigenvalue weighted by molar-refractivity contribution is 5.06. The highest BCUT2D eigenvalue weighted by Gasteiger charge is 2.03. The molecule has 0 fully saturated rings. The van der Waals surface area contributed by atoms with Gasteiger partial charge in [-0.25, -0.2) is 9.13 Å². The highest BCUT2D eigenvalue weighted by Crippen LogP contribution is 2.07. The Morgan fingerprint density at radius 1 is 0.450 bits per heavy atom. The molecule has 230 valence electrons. The first-order chi connectivity index (χ1) is 18.8. The number of hydrogen-bond donors (Lipinski definition) is 0. The van der Waals surface area contributed by atoms with E-state index in [9.17, 15) is 0 Å². The zero-order valence-corrected chi connectivity index (χ0v) is 28.8. The lowest BCUT2D eigenvalue weighted by molar-refractivity contribution is -0.697. The summed E-state index contributed by atoms with van der Waals surface area (Å²) in [7, 11) is 0. The number of hydrogen-bond acceptors (Lipinski definition) is 2. The van der Waals surface area contributed by atoms with Gasteiger partial charge in [0.05, 0.1) is 13.2 Å². The third kappa shape index (κ3) is 21.0. The smallest absolute Gasteiger partial charge is 0.169 e. The van der Waals surface area contributed by atoms with Gasteiger partial charge in [-0.3, -0.25) is 0 Å². The number of halogens is 2. The van der Waals surface area contributed by atoms with E-state index < -0.39 is 0 Å². The van der Waals surface area contributed by atoms with Crippen molar-refractivity contribution in [1.82, 2.24) is 0 Å². The van der Waals surface area contributed by atoms with Crippen LogP contribution >= 0.6 is 0 Å².